The summed E-state index contributed by atoms with van der Waals surface area (Å²) in [4.78, 5) is 12.4. The Hall–Kier alpha value is -2.12. The molecule has 0 radical (unpaired) electrons. The predicted molar refractivity (Wildman–Crippen MR) is 116 cm³/mol. The molecule has 0 fully saturated rings. The van der Waals surface area contributed by atoms with Gasteiger partial charge in [0, 0.05) is 5.56 Å². The second-order valence-electron chi connectivity index (χ2n) is 6.07. The average molecular weight is 451 g/mol. The van der Waals surface area contributed by atoms with Gasteiger partial charge in [0.05, 0.1) is 16.8 Å². The SMILES string of the molecule is CCOc1ccc(C(=O)NC(=S)Nc2cc(C(C)CC)ccc2O)cc1Br. The third-order valence-corrected chi connectivity index (χ3v) is 5.00. The summed E-state index contributed by atoms with van der Waals surface area (Å²) in [6.45, 7) is 6.64. The van der Waals surface area contributed by atoms with Gasteiger partial charge < -0.3 is 15.2 Å². The summed E-state index contributed by atoms with van der Waals surface area (Å²) in [6, 6.07) is 10.4. The summed E-state index contributed by atoms with van der Waals surface area (Å²) < 4.78 is 6.13. The smallest absolute Gasteiger partial charge is 0.257 e. The number of thiocarbonyl (C=S) groups is 1. The number of carbonyl (C=O) groups excluding carboxylic acids is 1. The molecular formula is C20H23BrN2O3S. The Labute approximate surface area is 173 Å². The van der Waals surface area contributed by atoms with Crippen LogP contribution >= 0.6 is 28.1 Å². The van der Waals surface area contributed by atoms with E-state index >= 15 is 0 Å². The zero-order valence-corrected chi connectivity index (χ0v) is 17.9. The topological polar surface area (TPSA) is 70.6 Å². The van der Waals surface area contributed by atoms with E-state index < -0.39 is 0 Å². The molecule has 0 aliphatic heterocycles. The highest BCUT2D eigenvalue weighted by Crippen LogP contribution is 2.29. The van der Waals surface area contributed by atoms with Crippen molar-refractivity contribution in [3.05, 3.63) is 52.0 Å². The van der Waals surface area contributed by atoms with Crippen molar-refractivity contribution in [3.63, 3.8) is 0 Å². The molecule has 2 aromatic rings. The molecule has 2 rings (SSSR count). The second kappa shape index (κ2) is 9.71. The fourth-order valence-electron chi connectivity index (χ4n) is 2.44. The monoisotopic (exact) mass is 450 g/mol. The van der Waals surface area contributed by atoms with Crippen LogP contribution < -0.4 is 15.4 Å². The Morgan fingerprint density at radius 2 is 2.00 bits per heavy atom. The third-order valence-electron chi connectivity index (χ3n) is 4.17. The summed E-state index contributed by atoms with van der Waals surface area (Å²) in [6.07, 6.45) is 0.984. The van der Waals surface area contributed by atoms with Crippen molar-refractivity contribution in [2.24, 2.45) is 0 Å². The van der Waals surface area contributed by atoms with Crippen LogP contribution in [0.4, 0.5) is 5.69 Å². The van der Waals surface area contributed by atoms with E-state index in [4.69, 9.17) is 17.0 Å². The number of benzene rings is 2. The fraction of sp³-hybridized carbons (Fsp3) is 0.300. The first-order valence-corrected chi connectivity index (χ1v) is 9.93. The normalized spacial score (nSPS) is 11.6. The highest BCUT2D eigenvalue weighted by atomic mass is 79.9. The van der Waals surface area contributed by atoms with Crippen LogP contribution in [0.2, 0.25) is 0 Å². The van der Waals surface area contributed by atoms with E-state index in [2.05, 4.69) is 40.4 Å². The van der Waals surface area contributed by atoms with Crippen LogP contribution in [0.5, 0.6) is 11.5 Å². The molecule has 5 nitrogen and oxygen atoms in total. The number of nitrogens with one attached hydrogen (secondary N) is 2. The Morgan fingerprint density at radius 1 is 1.26 bits per heavy atom. The first-order chi connectivity index (χ1) is 12.8. The summed E-state index contributed by atoms with van der Waals surface area (Å²) in [5.74, 6) is 0.744. The molecule has 144 valence electrons. The minimum Gasteiger partial charge on any atom is -0.506 e. The molecular weight excluding hydrogens is 428 g/mol. The minimum absolute atomic E-state index is 0.0717. The highest BCUT2D eigenvalue weighted by Gasteiger charge is 2.13. The number of halogens is 1. The fourth-order valence-corrected chi connectivity index (χ4v) is 3.14. The van der Waals surface area contributed by atoms with Crippen LogP contribution in [-0.4, -0.2) is 22.7 Å². The van der Waals surface area contributed by atoms with E-state index in [1.54, 1.807) is 24.3 Å². The van der Waals surface area contributed by atoms with Gasteiger partial charge >= 0.3 is 0 Å². The van der Waals surface area contributed by atoms with Crippen molar-refractivity contribution in [1.29, 1.82) is 0 Å². The Morgan fingerprint density at radius 3 is 2.63 bits per heavy atom. The van der Waals surface area contributed by atoms with Crippen molar-refractivity contribution in [2.45, 2.75) is 33.1 Å². The lowest BCUT2D eigenvalue weighted by molar-refractivity contribution is 0.0977. The van der Waals surface area contributed by atoms with Crippen LogP contribution in [0.1, 0.15) is 49.0 Å². The van der Waals surface area contributed by atoms with Crippen molar-refractivity contribution >= 4 is 44.9 Å². The first kappa shape index (κ1) is 21.2. The van der Waals surface area contributed by atoms with Gasteiger partial charge in [-0.2, -0.15) is 0 Å². The molecule has 2 aromatic carbocycles. The van der Waals surface area contributed by atoms with Crippen LogP contribution in [0, 0.1) is 0 Å². The zero-order chi connectivity index (χ0) is 20.0. The van der Waals surface area contributed by atoms with Crippen molar-refractivity contribution < 1.29 is 14.6 Å². The van der Waals surface area contributed by atoms with Crippen molar-refractivity contribution in [1.82, 2.24) is 5.32 Å². The van der Waals surface area contributed by atoms with Gasteiger partial charge in [-0.25, -0.2) is 0 Å². The first-order valence-electron chi connectivity index (χ1n) is 8.73. The number of anilines is 1. The van der Waals surface area contributed by atoms with Gasteiger partial charge in [0.1, 0.15) is 11.5 Å². The van der Waals surface area contributed by atoms with Gasteiger partial charge in [-0.3, -0.25) is 10.1 Å². The van der Waals surface area contributed by atoms with Crippen LogP contribution in [0.15, 0.2) is 40.9 Å². The third kappa shape index (κ3) is 5.68. The summed E-state index contributed by atoms with van der Waals surface area (Å²) in [7, 11) is 0. The number of carbonyl (C=O) groups is 1. The molecule has 1 amide bonds. The van der Waals surface area contributed by atoms with E-state index in [0.717, 1.165) is 12.0 Å². The number of phenolic OH excluding ortho intramolecular Hbond substituents is 1. The molecule has 27 heavy (non-hydrogen) atoms. The van der Waals surface area contributed by atoms with Gasteiger partial charge in [0.2, 0.25) is 0 Å². The number of hydrogen-bond donors (Lipinski definition) is 3. The lowest BCUT2D eigenvalue weighted by Crippen LogP contribution is -2.34. The number of aromatic hydroxyl groups is 1. The van der Waals surface area contributed by atoms with Gasteiger partial charge in [-0.05, 0) is 83.3 Å². The van der Waals surface area contributed by atoms with Gasteiger partial charge in [-0.15, -0.1) is 0 Å². The lowest BCUT2D eigenvalue weighted by atomic mass is 9.98. The lowest BCUT2D eigenvalue weighted by Gasteiger charge is -2.15. The quantitative estimate of drug-likeness (QED) is 0.416. The molecule has 0 aliphatic rings. The molecule has 7 heteroatoms. The zero-order valence-electron chi connectivity index (χ0n) is 15.5. The number of amides is 1. The Balaban J connectivity index is 2.07. The summed E-state index contributed by atoms with van der Waals surface area (Å²) >= 11 is 8.61. The molecule has 0 aliphatic carbocycles. The largest absolute Gasteiger partial charge is 0.506 e. The summed E-state index contributed by atoms with van der Waals surface area (Å²) in [5.41, 5.74) is 1.99. The van der Waals surface area contributed by atoms with Crippen LogP contribution in [-0.2, 0) is 0 Å². The maximum Gasteiger partial charge on any atom is 0.257 e. The molecule has 1 unspecified atom stereocenters. The number of phenols is 1. The molecule has 0 saturated heterocycles. The molecule has 1 atom stereocenters. The van der Waals surface area contributed by atoms with Gasteiger partial charge in [0.15, 0.2) is 5.11 Å². The number of rotatable bonds is 6. The molecule has 0 spiro atoms. The Bertz CT molecular complexity index is 842. The average Bonchev–Trinajstić information content (AvgIpc) is 2.64. The number of hydrogen-bond acceptors (Lipinski definition) is 4. The predicted octanol–water partition coefficient (Wildman–Crippen LogP) is 5.19. The van der Waals surface area contributed by atoms with Crippen molar-refractivity contribution in [2.75, 3.05) is 11.9 Å². The second-order valence-corrected chi connectivity index (χ2v) is 7.33. The molecule has 0 heterocycles. The van der Waals surface area contributed by atoms with Crippen LogP contribution in [0.25, 0.3) is 0 Å². The van der Waals surface area contributed by atoms with Gasteiger partial charge in [-0.1, -0.05) is 19.9 Å². The van der Waals surface area contributed by atoms with E-state index in [0.29, 0.717) is 34.0 Å². The minimum atomic E-state index is -0.353. The maximum atomic E-state index is 12.4. The molecule has 0 aromatic heterocycles. The van der Waals surface area contributed by atoms with E-state index in [9.17, 15) is 9.90 Å². The van der Waals surface area contributed by atoms with E-state index in [1.165, 1.54) is 0 Å². The maximum absolute atomic E-state index is 12.4. The standard InChI is InChI=1S/C20H23BrN2O3S/c1-4-12(3)13-6-8-17(24)16(11-13)22-20(27)23-19(25)14-7-9-18(26-5-2)15(21)10-14/h6-12,24H,4-5H2,1-3H3,(H2,22,23,25,27). The van der Waals surface area contributed by atoms with E-state index in [1.807, 2.05) is 19.1 Å². The highest BCUT2D eigenvalue weighted by molar-refractivity contribution is 9.10. The van der Waals surface area contributed by atoms with Crippen LogP contribution in [0.3, 0.4) is 0 Å². The molecule has 3 N–H and O–H groups in total. The Kier molecular flexibility index (Phi) is 7.62. The summed E-state index contributed by atoms with van der Waals surface area (Å²) in [5, 5.41) is 15.7. The number of ether oxygens (including phenoxy) is 1. The van der Waals surface area contributed by atoms with Crippen molar-refractivity contribution in [3.8, 4) is 11.5 Å². The molecule has 0 bridgehead atoms. The molecule has 0 saturated carbocycles. The van der Waals surface area contributed by atoms with E-state index in [-0.39, 0.29) is 16.8 Å². The van der Waals surface area contributed by atoms with Gasteiger partial charge in [0.25, 0.3) is 5.91 Å².